The summed E-state index contributed by atoms with van der Waals surface area (Å²) in [5.74, 6) is 0.818. The van der Waals surface area contributed by atoms with Crippen LogP contribution in [0.1, 0.15) is 15.9 Å². The van der Waals surface area contributed by atoms with Crippen LogP contribution < -0.4 is 4.74 Å². The van der Waals surface area contributed by atoms with E-state index in [-0.39, 0.29) is 5.78 Å². The Kier molecular flexibility index (Phi) is 1.47. The first kappa shape index (κ1) is 7.10. The minimum atomic E-state index is 0.0592. The Morgan fingerprint density at radius 1 is 1.25 bits per heavy atom. The molecule has 0 amide bonds. The number of allylic oxidation sites excluding steroid dienone is 1. The van der Waals surface area contributed by atoms with E-state index in [9.17, 15) is 4.79 Å². The summed E-state index contributed by atoms with van der Waals surface area (Å²) < 4.78 is 5.10. The third-order valence-electron chi connectivity index (χ3n) is 1.95. The van der Waals surface area contributed by atoms with Gasteiger partial charge in [0.25, 0.3) is 0 Å². The van der Waals surface area contributed by atoms with Crippen molar-refractivity contribution < 1.29 is 9.53 Å². The van der Waals surface area contributed by atoms with Gasteiger partial charge in [0.2, 0.25) is 0 Å². The van der Waals surface area contributed by atoms with Gasteiger partial charge in [0.1, 0.15) is 5.75 Å². The van der Waals surface area contributed by atoms with Gasteiger partial charge in [0.05, 0.1) is 7.11 Å². The smallest absolute Gasteiger partial charge is 0.186 e. The Bertz CT molecular complexity index is 364. The lowest BCUT2D eigenvalue weighted by Crippen LogP contribution is -1.93. The highest BCUT2D eigenvalue weighted by Gasteiger charge is 2.16. The molecule has 0 fully saturated rings. The van der Waals surface area contributed by atoms with E-state index in [2.05, 4.69) is 0 Å². The number of hydrogen-bond acceptors (Lipinski definition) is 2. The summed E-state index contributed by atoms with van der Waals surface area (Å²) in [5, 5.41) is 0. The maximum Gasteiger partial charge on any atom is 0.186 e. The van der Waals surface area contributed by atoms with Gasteiger partial charge >= 0.3 is 0 Å². The summed E-state index contributed by atoms with van der Waals surface area (Å²) in [4.78, 5) is 11.2. The largest absolute Gasteiger partial charge is 0.496 e. The highest BCUT2D eigenvalue weighted by atomic mass is 16.5. The van der Waals surface area contributed by atoms with Crippen molar-refractivity contribution in [3.8, 4) is 5.75 Å². The Hall–Kier alpha value is -1.57. The van der Waals surface area contributed by atoms with Crippen LogP contribution in [0.15, 0.2) is 24.3 Å². The molecule has 0 bridgehead atoms. The number of ether oxygens (including phenoxy) is 1. The van der Waals surface area contributed by atoms with E-state index in [0.29, 0.717) is 0 Å². The lowest BCUT2D eigenvalue weighted by atomic mass is 10.1. The number of benzene rings is 1. The van der Waals surface area contributed by atoms with Gasteiger partial charge in [-0.15, -0.1) is 0 Å². The highest BCUT2D eigenvalue weighted by molar-refractivity contribution is 6.14. The molecule has 2 nitrogen and oxygen atoms in total. The topological polar surface area (TPSA) is 26.3 Å². The summed E-state index contributed by atoms with van der Waals surface area (Å²) in [6, 6.07) is 5.48. The Morgan fingerprint density at radius 2 is 2.08 bits per heavy atom. The molecular formula is C10H8O2. The summed E-state index contributed by atoms with van der Waals surface area (Å²) in [6.45, 7) is 0. The number of fused-ring (bicyclic) bond motifs is 1. The second kappa shape index (κ2) is 2.48. The zero-order chi connectivity index (χ0) is 8.55. The van der Waals surface area contributed by atoms with E-state index in [1.165, 1.54) is 0 Å². The SMILES string of the molecule is COc1cccc2c1C=CC2=O. The van der Waals surface area contributed by atoms with Crippen molar-refractivity contribution >= 4 is 11.9 Å². The van der Waals surface area contributed by atoms with Crippen LogP contribution in [0.25, 0.3) is 6.08 Å². The monoisotopic (exact) mass is 160 g/mol. The van der Waals surface area contributed by atoms with Crippen molar-refractivity contribution in [2.75, 3.05) is 7.11 Å². The van der Waals surface area contributed by atoms with Gasteiger partial charge in [-0.05, 0) is 18.2 Å². The number of carbonyl (C=O) groups excluding carboxylic acids is 1. The van der Waals surface area contributed by atoms with Gasteiger partial charge in [0.15, 0.2) is 5.78 Å². The first-order valence-corrected chi connectivity index (χ1v) is 3.72. The third kappa shape index (κ3) is 0.848. The molecule has 0 N–H and O–H groups in total. The molecule has 0 saturated heterocycles. The standard InChI is InChI=1S/C10H8O2/c1-12-10-4-2-3-7-8(10)5-6-9(7)11/h2-6H,1H3. The molecule has 60 valence electrons. The van der Waals surface area contributed by atoms with Crippen LogP contribution in [0.2, 0.25) is 0 Å². The number of carbonyl (C=O) groups is 1. The van der Waals surface area contributed by atoms with Gasteiger partial charge in [-0.3, -0.25) is 4.79 Å². The number of methoxy groups -OCH3 is 1. The quantitative estimate of drug-likeness (QED) is 0.627. The average Bonchev–Trinajstić information content (AvgIpc) is 2.48. The molecule has 1 aromatic rings. The zero-order valence-corrected chi connectivity index (χ0v) is 6.70. The molecule has 12 heavy (non-hydrogen) atoms. The molecule has 2 heteroatoms. The molecule has 0 saturated carbocycles. The highest BCUT2D eigenvalue weighted by Crippen LogP contribution is 2.28. The number of rotatable bonds is 1. The molecule has 0 atom stereocenters. The zero-order valence-electron chi connectivity index (χ0n) is 6.70. The molecule has 0 aromatic heterocycles. The molecule has 0 aliphatic heterocycles. The predicted molar refractivity (Wildman–Crippen MR) is 46.4 cm³/mol. The normalized spacial score (nSPS) is 13.2. The van der Waals surface area contributed by atoms with Crippen LogP contribution in [0.5, 0.6) is 5.75 Å². The minimum Gasteiger partial charge on any atom is -0.496 e. The second-order valence-corrected chi connectivity index (χ2v) is 2.62. The van der Waals surface area contributed by atoms with E-state index >= 15 is 0 Å². The fraction of sp³-hybridized carbons (Fsp3) is 0.100. The maximum absolute atomic E-state index is 11.2. The van der Waals surface area contributed by atoms with Crippen molar-refractivity contribution in [1.82, 2.24) is 0 Å². The van der Waals surface area contributed by atoms with E-state index in [1.54, 1.807) is 25.3 Å². The summed E-state index contributed by atoms with van der Waals surface area (Å²) >= 11 is 0. The Morgan fingerprint density at radius 3 is 2.83 bits per heavy atom. The summed E-state index contributed by atoms with van der Waals surface area (Å²) in [7, 11) is 1.60. The van der Waals surface area contributed by atoms with Gasteiger partial charge < -0.3 is 4.74 Å². The van der Waals surface area contributed by atoms with E-state index in [4.69, 9.17) is 4.74 Å². The third-order valence-corrected chi connectivity index (χ3v) is 1.95. The van der Waals surface area contributed by atoms with Gasteiger partial charge in [-0.25, -0.2) is 0 Å². The molecule has 1 aliphatic rings. The van der Waals surface area contributed by atoms with E-state index in [1.807, 2.05) is 12.1 Å². The van der Waals surface area contributed by atoms with Crippen molar-refractivity contribution in [3.05, 3.63) is 35.4 Å². The van der Waals surface area contributed by atoms with Gasteiger partial charge in [0, 0.05) is 11.1 Å². The van der Waals surface area contributed by atoms with Crippen LogP contribution in [0.3, 0.4) is 0 Å². The van der Waals surface area contributed by atoms with Crippen molar-refractivity contribution in [2.24, 2.45) is 0 Å². The molecule has 1 aromatic carbocycles. The second-order valence-electron chi connectivity index (χ2n) is 2.62. The Labute approximate surface area is 70.5 Å². The Balaban J connectivity index is 2.65. The first-order chi connectivity index (χ1) is 5.83. The van der Waals surface area contributed by atoms with Crippen LogP contribution >= 0.6 is 0 Å². The van der Waals surface area contributed by atoms with E-state index in [0.717, 1.165) is 16.9 Å². The first-order valence-electron chi connectivity index (χ1n) is 3.72. The molecular weight excluding hydrogens is 152 g/mol. The molecule has 0 spiro atoms. The lowest BCUT2D eigenvalue weighted by molar-refractivity contribution is 0.105. The average molecular weight is 160 g/mol. The van der Waals surface area contributed by atoms with Crippen LogP contribution in [0, 0.1) is 0 Å². The maximum atomic E-state index is 11.2. The fourth-order valence-electron chi connectivity index (χ4n) is 1.36. The van der Waals surface area contributed by atoms with E-state index < -0.39 is 0 Å². The van der Waals surface area contributed by atoms with Gasteiger partial charge in [-0.1, -0.05) is 12.1 Å². The van der Waals surface area contributed by atoms with Crippen LogP contribution in [-0.2, 0) is 0 Å². The molecule has 2 rings (SSSR count). The molecule has 1 aliphatic carbocycles. The summed E-state index contributed by atoms with van der Waals surface area (Å²) in [5.41, 5.74) is 1.62. The van der Waals surface area contributed by atoms with Gasteiger partial charge in [-0.2, -0.15) is 0 Å². The molecule has 0 radical (unpaired) electrons. The molecule has 0 heterocycles. The minimum absolute atomic E-state index is 0.0592. The van der Waals surface area contributed by atoms with Crippen LogP contribution in [0.4, 0.5) is 0 Å². The number of hydrogen-bond donors (Lipinski definition) is 0. The number of ketones is 1. The lowest BCUT2D eigenvalue weighted by Gasteiger charge is -2.03. The predicted octanol–water partition coefficient (Wildman–Crippen LogP) is 1.90. The molecule has 0 unspecified atom stereocenters. The summed E-state index contributed by atoms with van der Waals surface area (Å²) in [6.07, 6.45) is 3.35. The fourth-order valence-corrected chi connectivity index (χ4v) is 1.36. The van der Waals surface area contributed by atoms with Crippen molar-refractivity contribution in [3.63, 3.8) is 0 Å². The van der Waals surface area contributed by atoms with Crippen LogP contribution in [-0.4, -0.2) is 12.9 Å². The van der Waals surface area contributed by atoms with Crippen molar-refractivity contribution in [2.45, 2.75) is 0 Å². The van der Waals surface area contributed by atoms with Crippen molar-refractivity contribution in [1.29, 1.82) is 0 Å².